The van der Waals surface area contributed by atoms with E-state index in [9.17, 15) is 14.4 Å². The summed E-state index contributed by atoms with van der Waals surface area (Å²) >= 11 is 0. The van der Waals surface area contributed by atoms with Crippen molar-refractivity contribution >= 4 is 17.9 Å². The molecule has 0 spiro atoms. The molecule has 0 aromatic rings. The maximum Gasteiger partial charge on any atom is 0.344 e. The van der Waals surface area contributed by atoms with E-state index in [0.29, 0.717) is 11.8 Å². The van der Waals surface area contributed by atoms with Gasteiger partial charge in [-0.05, 0) is 62.7 Å². The van der Waals surface area contributed by atoms with Crippen LogP contribution in [-0.2, 0) is 28.6 Å². The van der Waals surface area contributed by atoms with E-state index in [0.717, 1.165) is 43.6 Å². The molecule has 4 bridgehead atoms. The SMILES string of the molecule is C=CC(=O)OCC(=O)OCC(=O)OC1(C)C2CC3CC(C2)CC1C3. The van der Waals surface area contributed by atoms with Crippen molar-refractivity contribution in [1.29, 1.82) is 0 Å². The predicted octanol–water partition coefficient (Wildman–Crippen LogP) is 2.02. The van der Waals surface area contributed by atoms with E-state index < -0.39 is 36.7 Å². The van der Waals surface area contributed by atoms with Crippen LogP contribution in [0.2, 0.25) is 0 Å². The zero-order valence-electron chi connectivity index (χ0n) is 14.0. The summed E-state index contributed by atoms with van der Waals surface area (Å²) in [6, 6.07) is 0. The lowest BCUT2D eigenvalue weighted by atomic mass is 9.50. The van der Waals surface area contributed by atoms with Crippen molar-refractivity contribution in [2.24, 2.45) is 23.7 Å². The van der Waals surface area contributed by atoms with Crippen molar-refractivity contribution in [3.63, 3.8) is 0 Å². The van der Waals surface area contributed by atoms with Gasteiger partial charge in [-0.25, -0.2) is 14.4 Å². The van der Waals surface area contributed by atoms with E-state index >= 15 is 0 Å². The normalized spacial score (nSPS) is 36.0. The van der Waals surface area contributed by atoms with Gasteiger partial charge in [0.05, 0.1) is 0 Å². The van der Waals surface area contributed by atoms with Gasteiger partial charge in [-0.1, -0.05) is 6.58 Å². The number of carbonyl (C=O) groups is 3. The number of rotatable bonds is 6. The first-order valence-electron chi connectivity index (χ1n) is 8.57. The van der Waals surface area contributed by atoms with Gasteiger partial charge < -0.3 is 14.2 Å². The monoisotopic (exact) mass is 336 g/mol. The van der Waals surface area contributed by atoms with Crippen molar-refractivity contribution in [3.8, 4) is 0 Å². The molecule has 0 radical (unpaired) electrons. The highest BCUT2D eigenvalue weighted by Gasteiger charge is 2.57. The first kappa shape index (κ1) is 17.0. The van der Waals surface area contributed by atoms with Crippen LogP contribution >= 0.6 is 0 Å². The Morgan fingerprint density at radius 3 is 2.04 bits per heavy atom. The van der Waals surface area contributed by atoms with Gasteiger partial charge in [0, 0.05) is 6.08 Å². The number of carbonyl (C=O) groups excluding carboxylic acids is 3. The first-order chi connectivity index (χ1) is 11.4. The Labute approximate surface area is 141 Å². The molecule has 0 aromatic carbocycles. The summed E-state index contributed by atoms with van der Waals surface area (Å²) in [5, 5.41) is 0. The summed E-state index contributed by atoms with van der Waals surface area (Å²) in [6.45, 7) is 4.26. The van der Waals surface area contributed by atoms with Crippen molar-refractivity contribution in [3.05, 3.63) is 12.7 Å². The summed E-state index contributed by atoms with van der Waals surface area (Å²) in [4.78, 5) is 34.4. The van der Waals surface area contributed by atoms with Crippen molar-refractivity contribution < 1.29 is 28.6 Å². The van der Waals surface area contributed by atoms with E-state index in [2.05, 4.69) is 11.3 Å². The van der Waals surface area contributed by atoms with E-state index in [1.807, 2.05) is 6.92 Å². The highest BCUT2D eigenvalue weighted by Crippen LogP contribution is 2.59. The molecule has 4 fully saturated rings. The molecule has 0 unspecified atom stereocenters. The molecule has 0 N–H and O–H groups in total. The van der Waals surface area contributed by atoms with Gasteiger partial charge in [0.25, 0.3) is 0 Å². The lowest BCUT2D eigenvalue weighted by Gasteiger charge is -2.59. The van der Waals surface area contributed by atoms with E-state index in [4.69, 9.17) is 9.47 Å². The molecule has 4 saturated carbocycles. The topological polar surface area (TPSA) is 78.9 Å². The average molecular weight is 336 g/mol. The Morgan fingerprint density at radius 1 is 0.958 bits per heavy atom. The third kappa shape index (κ3) is 3.32. The summed E-state index contributed by atoms with van der Waals surface area (Å²) in [5.74, 6) is 0.388. The first-order valence-corrected chi connectivity index (χ1v) is 8.57. The smallest absolute Gasteiger partial charge is 0.344 e. The van der Waals surface area contributed by atoms with Crippen molar-refractivity contribution in [1.82, 2.24) is 0 Å². The van der Waals surface area contributed by atoms with Crippen LogP contribution in [0, 0.1) is 23.7 Å². The maximum absolute atomic E-state index is 12.1. The molecule has 6 nitrogen and oxygen atoms in total. The fourth-order valence-electron chi connectivity index (χ4n) is 4.93. The van der Waals surface area contributed by atoms with Gasteiger partial charge in [-0.15, -0.1) is 0 Å². The van der Waals surface area contributed by atoms with Crippen LogP contribution < -0.4 is 0 Å². The second kappa shape index (κ2) is 6.57. The zero-order chi connectivity index (χ0) is 17.3. The van der Waals surface area contributed by atoms with Crippen molar-refractivity contribution in [2.75, 3.05) is 13.2 Å². The Kier molecular flexibility index (Phi) is 4.65. The highest BCUT2D eigenvalue weighted by molar-refractivity contribution is 5.84. The minimum absolute atomic E-state index is 0.418. The second-order valence-electron chi connectivity index (χ2n) is 7.43. The Balaban J connectivity index is 1.47. The Bertz CT molecular complexity index is 524. The molecule has 0 aromatic heterocycles. The van der Waals surface area contributed by atoms with Crippen LogP contribution in [0.25, 0.3) is 0 Å². The molecule has 4 rings (SSSR count). The molecule has 0 amide bonds. The predicted molar refractivity (Wildman–Crippen MR) is 83.7 cm³/mol. The van der Waals surface area contributed by atoms with Gasteiger partial charge in [0.2, 0.25) is 0 Å². The quantitative estimate of drug-likeness (QED) is 0.419. The van der Waals surface area contributed by atoms with Gasteiger partial charge in [0.1, 0.15) is 5.60 Å². The molecule has 0 aliphatic heterocycles. The molecule has 4 aliphatic rings. The molecule has 24 heavy (non-hydrogen) atoms. The molecular weight excluding hydrogens is 312 g/mol. The summed E-state index contributed by atoms with van der Waals surface area (Å²) in [5.41, 5.74) is -0.438. The van der Waals surface area contributed by atoms with Gasteiger partial charge in [-0.3, -0.25) is 0 Å². The van der Waals surface area contributed by atoms with E-state index in [-0.39, 0.29) is 0 Å². The number of esters is 3. The average Bonchev–Trinajstić information content (AvgIpc) is 2.55. The highest BCUT2D eigenvalue weighted by atomic mass is 16.6. The molecule has 6 heteroatoms. The Hall–Kier alpha value is -1.85. The molecule has 0 heterocycles. The third-order valence-corrected chi connectivity index (χ3v) is 5.94. The Morgan fingerprint density at radius 2 is 1.50 bits per heavy atom. The molecular formula is C18H24O6. The van der Waals surface area contributed by atoms with Crippen LogP contribution in [0.4, 0.5) is 0 Å². The van der Waals surface area contributed by atoms with Gasteiger partial charge in [-0.2, -0.15) is 0 Å². The maximum atomic E-state index is 12.1. The molecule has 0 atom stereocenters. The zero-order valence-corrected chi connectivity index (χ0v) is 14.0. The van der Waals surface area contributed by atoms with Crippen LogP contribution in [0.15, 0.2) is 12.7 Å². The van der Waals surface area contributed by atoms with Crippen LogP contribution in [-0.4, -0.2) is 36.7 Å². The standard InChI is InChI=1S/C18H24O6/c1-3-15(19)22-9-16(20)23-10-17(21)24-18(2)13-5-11-4-12(7-13)8-14(18)6-11/h3,11-14H,1,4-10H2,2H3. The minimum atomic E-state index is -0.780. The lowest BCUT2D eigenvalue weighted by Crippen LogP contribution is -2.58. The number of hydrogen-bond donors (Lipinski definition) is 0. The van der Waals surface area contributed by atoms with Crippen molar-refractivity contribution in [2.45, 2.75) is 44.6 Å². The number of ether oxygens (including phenoxy) is 3. The van der Waals surface area contributed by atoms with E-state index in [1.54, 1.807) is 0 Å². The third-order valence-electron chi connectivity index (χ3n) is 5.94. The largest absolute Gasteiger partial charge is 0.456 e. The van der Waals surface area contributed by atoms with Crippen LogP contribution in [0.5, 0.6) is 0 Å². The summed E-state index contributed by atoms with van der Waals surface area (Å²) in [6.07, 6.45) is 6.82. The second-order valence-corrected chi connectivity index (χ2v) is 7.43. The summed E-state index contributed by atoms with van der Waals surface area (Å²) < 4.78 is 15.1. The van der Waals surface area contributed by atoms with E-state index in [1.165, 1.54) is 6.42 Å². The fourth-order valence-corrected chi connectivity index (χ4v) is 4.93. The molecule has 4 aliphatic carbocycles. The summed E-state index contributed by atoms with van der Waals surface area (Å²) in [7, 11) is 0. The lowest BCUT2D eigenvalue weighted by molar-refractivity contribution is -0.207. The van der Waals surface area contributed by atoms with Crippen LogP contribution in [0.3, 0.4) is 0 Å². The minimum Gasteiger partial charge on any atom is -0.456 e. The molecule has 0 saturated heterocycles. The van der Waals surface area contributed by atoms with Gasteiger partial charge in [0.15, 0.2) is 13.2 Å². The fraction of sp³-hybridized carbons (Fsp3) is 0.722. The number of hydrogen-bond acceptors (Lipinski definition) is 6. The molecule has 132 valence electrons. The van der Waals surface area contributed by atoms with Crippen LogP contribution in [0.1, 0.15) is 39.0 Å². The van der Waals surface area contributed by atoms with Gasteiger partial charge >= 0.3 is 17.9 Å².